The van der Waals surface area contributed by atoms with Gasteiger partial charge in [0.25, 0.3) is 5.91 Å². The number of thiophene rings is 1. The number of aromatic nitrogens is 2. The quantitative estimate of drug-likeness (QED) is 0.452. The summed E-state index contributed by atoms with van der Waals surface area (Å²) < 4.78 is 7.26. The largest absolute Gasteiger partial charge is 0.460 e. The zero-order valence-corrected chi connectivity index (χ0v) is 21.5. The molecule has 1 aromatic carbocycles. The summed E-state index contributed by atoms with van der Waals surface area (Å²) in [6.45, 7) is 5.78. The van der Waals surface area contributed by atoms with Gasteiger partial charge in [0.1, 0.15) is 5.60 Å². The maximum absolute atomic E-state index is 12.9. The summed E-state index contributed by atoms with van der Waals surface area (Å²) in [7, 11) is 1.79. The minimum absolute atomic E-state index is 0.0720. The topological polar surface area (TPSA) is 93.5 Å². The lowest BCUT2D eigenvalue weighted by atomic mass is 10.1. The monoisotopic (exact) mass is 496 g/mol. The number of anilines is 2. The lowest BCUT2D eigenvalue weighted by Crippen LogP contribution is -2.31. The van der Waals surface area contributed by atoms with E-state index in [0.29, 0.717) is 22.9 Å². The van der Waals surface area contributed by atoms with E-state index in [1.54, 1.807) is 18.0 Å². The minimum Gasteiger partial charge on any atom is -0.460 e. The van der Waals surface area contributed by atoms with Gasteiger partial charge >= 0.3 is 5.97 Å². The molecule has 4 rings (SSSR count). The van der Waals surface area contributed by atoms with Gasteiger partial charge in [0.05, 0.1) is 22.3 Å². The molecule has 9 heteroatoms. The van der Waals surface area contributed by atoms with E-state index in [9.17, 15) is 14.4 Å². The molecule has 0 aliphatic heterocycles. The number of esters is 1. The Morgan fingerprint density at radius 2 is 1.94 bits per heavy atom. The molecule has 0 spiro atoms. The van der Waals surface area contributed by atoms with Crippen LogP contribution in [0.2, 0.25) is 0 Å². The minimum atomic E-state index is -0.574. The fourth-order valence-corrected chi connectivity index (χ4v) is 5.01. The van der Waals surface area contributed by atoms with Crippen LogP contribution >= 0.6 is 11.3 Å². The van der Waals surface area contributed by atoms with Gasteiger partial charge in [0.15, 0.2) is 0 Å². The fourth-order valence-electron chi connectivity index (χ4n) is 4.39. The van der Waals surface area contributed by atoms with E-state index in [0.717, 1.165) is 36.9 Å². The van der Waals surface area contributed by atoms with E-state index in [1.807, 2.05) is 55.0 Å². The summed E-state index contributed by atoms with van der Waals surface area (Å²) in [5.74, 6) is -0.0417. The van der Waals surface area contributed by atoms with Gasteiger partial charge < -0.3 is 14.2 Å². The second kappa shape index (κ2) is 10.2. The van der Waals surface area contributed by atoms with Crippen molar-refractivity contribution >= 4 is 51.8 Å². The normalized spacial score (nSPS) is 14.3. The standard InChI is InChI=1S/C26H32N4O4S/c1-26(2,3)34-22(31)13-14-30-20-12-11-18(29(4)24(33)17-8-5-6-9-17)16-19(20)27-25(30)28-23(32)21-10-7-15-35-21/h7,10-12,15-17H,5-6,8-9,13-14H2,1-4H3,(H,27,28,32). The zero-order valence-electron chi connectivity index (χ0n) is 20.7. The van der Waals surface area contributed by atoms with Crippen LogP contribution in [0.4, 0.5) is 11.6 Å². The Morgan fingerprint density at radius 1 is 1.20 bits per heavy atom. The van der Waals surface area contributed by atoms with Gasteiger partial charge in [-0.25, -0.2) is 4.98 Å². The number of aryl methyl sites for hydroxylation is 1. The van der Waals surface area contributed by atoms with Crippen molar-refractivity contribution in [2.24, 2.45) is 5.92 Å². The molecule has 0 atom stereocenters. The molecule has 186 valence electrons. The average molecular weight is 497 g/mol. The number of benzene rings is 1. The van der Waals surface area contributed by atoms with Gasteiger partial charge in [0, 0.05) is 25.2 Å². The Kier molecular flexibility index (Phi) is 7.25. The number of fused-ring (bicyclic) bond motifs is 1. The lowest BCUT2D eigenvalue weighted by molar-refractivity contribution is -0.155. The van der Waals surface area contributed by atoms with Gasteiger partial charge in [-0.2, -0.15) is 0 Å². The maximum Gasteiger partial charge on any atom is 0.308 e. The van der Waals surface area contributed by atoms with E-state index in [4.69, 9.17) is 4.74 Å². The summed E-state index contributed by atoms with van der Waals surface area (Å²) in [6.07, 6.45) is 4.19. The average Bonchev–Trinajstić information content (AvgIpc) is 3.56. The van der Waals surface area contributed by atoms with E-state index in [2.05, 4.69) is 10.3 Å². The Labute approximate surface area is 209 Å². The Bertz CT molecular complexity index is 1220. The Morgan fingerprint density at radius 3 is 2.60 bits per heavy atom. The number of nitrogens with zero attached hydrogens (tertiary/aromatic N) is 3. The van der Waals surface area contributed by atoms with E-state index in [-0.39, 0.29) is 30.1 Å². The molecule has 35 heavy (non-hydrogen) atoms. The number of amides is 2. The SMILES string of the molecule is CN(C(=O)C1CCCC1)c1ccc2c(c1)nc(NC(=O)c1cccs1)n2CCC(=O)OC(C)(C)C. The summed E-state index contributed by atoms with van der Waals surface area (Å²) >= 11 is 1.34. The summed E-state index contributed by atoms with van der Waals surface area (Å²) in [4.78, 5) is 44.9. The molecule has 0 unspecified atom stereocenters. The second-order valence-electron chi connectivity index (χ2n) is 9.91. The molecule has 2 aromatic heterocycles. The van der Waals surface area contributed by atoms with Crippen molar-refractivity contribution in [3.05, 3.63) is 40.6 Å². The molecule has 0 saturated heterocycles. The third-order valence-corrected chi connectivity index (χ3v) is 6.95. The van der Waals surface area contributed by atoms with E-state index < -0.39 is 5.60 Å². The number of hydrogen-bond donors (Lipinski definition) is 1. The number of imidazole rings is 1. The number of nitrogens with one attached hydrogen (secondary N) is 1. The van der Waals surface area contributed by atoms with Crippen molar-refractivity contribution in [1.29, 1.82) is 0 Å². The maximum atomic E-state index is 12.9. The molecule has 0 radical (unpaired) electrons. The first-order valence-corrected chi connectivity index (χ1v) is 12.8. The molecule has 3 aromatic rings. The highest BCUT2D eigenvalue weighted by Crippen LogP contribution is 2.30. The molecule has 2 heterocycles. The first-order chi connectivity index (χ1) is 16.6. The van der Waals surface area contributed by atoms with Gasteiger partial charge in [0.2, 0.25) is 11.9 Å². The van der Waals surface area contributed by atoms with E-state index >= 15 is 0 Å². The van der Waals surface area contributed by atoms with Crippen LogP contribution < -0.4 is 10.2 Å². The molecule has 1 fully saturated rings. The van der Waals surface area contributed by atoms with Crippen LogP contribution in [0.15, 0.2) is 35.7 Å². The van der Waals surface area contributed by atoms with Crippen molar-refractivity contribution < 1.29 is 19.1 Å². The Hall–Kier alpha value is -3.20. The second-order valence-corrected chi connectivity index (χ2v) is 10.9. The number of ether oxygens (including phenoxy) is 1. The molecule has 1 aliphatic rings. The molecule has 0 bridgehead atoms. The molecule has 2 amide bonds. The molecular weight excluding hydrogens is 464 g/mol. The number of carbonyl (C=O) groups is 3. The van der Waals surface area contributed by atoms with Crippen molar-refractivity contribution in [3.63, 3.8) is 0 Å². The number of rotatable bonds is 7. The molecule has 8 nitrogen and oxygen atoms in total. The van der Waals surface area contributed by atoms with E-state index in [1.165, 1.54) is 11.3 Å². The van der Waals surface area contributed by atoms with Crippen LogP contribution in [0.5, 0.6) is 0 Å². The van der Waals surface area contributed by atoms with Crippen LogP contribution in [0.3, 0.4) is 0 Å². The molecular formula is C26H32N4O4S. The predicted molar refractivity (Wildman–Crippen MR) is 138 cm³/mol. The zero-order chi connectivity index (χ0) is 25.2. The van der Waals surface area contributed by atoms with Crippen LogP contribution in [0, 0.1) is 5.92 Å². The fraction of sp³-hybridized carbons (Fsp3) is 0.462. The molecule has 1 saturated carbocycles. The first-order valence-electron chi connectivity index (χ1n) is 12.0. The predicted octanol–water partition coefficient (Wildman–Crippen LogP) is 5.23. The number of carbonyl (C=O) groups excluding carboxylic acids is 3. The van der Waals surface area contributed by atoms with Crippen LogP contribution in [-0.2, 0) is 20.9 Å². The third kappa shape index (κ3) is 5.90. The highest BCUT2D eigenvalue weighted by Gasteiger charge is 2.27. The van der Waals surface area contributed by atoms with Gasteiger partial charge in [-0.05, 0) is 63.3 Å². The highest BCUT2D eigenvalue weighted by atomic mass is 32.1. The summed E-state index contributed by atoms with van der Waals surface area (Å²) in [5.41, 5.74) is 1.58. The summed E-state index contributed by atoms with van der Waals surface area (Å²) in [5, 5.41) is 4.72. The van der Waals surface area contributed by atoms with Crippen molar-refractivity contribution in [2.45, 2.75) is 65.0 Å². The third-order valence-electron chi connectivity index (χ3n) is 6.08. The number of hydrogen-bond acceptors (Lipinski definition) is 6. The first kappa shape index (κ1) is 24.9. The van der Waals surface area contributed by atoms with Crippen LogP contribution in [0.25, 0.3) is 11.0 Å². The molecule has 1 aliphatic carbocycles. The van der Waals surface area contributed by atoms with Crippen molar-refractivity contribution in [1.82, 2.24) is 9.55 Å². The van der Waals surface area contributed by atoms with Crippen molar-refractivity contribution in [3.8, 4) is 0 Å². The smallest absolute Gasteiger partial charge is 0.308 e. The van der Waals surface area contributed by atoms with Gasteiger partial charge in [-0.15, -0.1) is 11.3 Å². The highest BCUT2D eigenvalue weighted by molar-refractivity contribution is 7.12. The van der Waals surface area contributed by atoms with Gasteiger partial charge in [-0.3, -0.25) is 19.7 Å². The molecule has 1 N–H and O–H groups in total. The van der Waals surface area contributed by atoms with Gasteiger partial charge in [-0.1, -0.05) is 18.9 Å². The summed E-state index contributed by atoms with van der Waals surface area (Å²) in [6, 6.07) is 9.18. The van der Waals surface area contributed by atoms with Crippen molar-refractivity contribution in [2.75, 3.05) is 17.3 Å². The Balaban J connectivity index is 1.62. The lowest BCUT2D eigenvalue weighted by Gasteiger charge is -2.21. The van der Waals surface area contributed by atoms with Crippen LogP contribution in [0.1, 0.15) is 62.5 Å². The van der Waals surface area contributed by atoms with Crippen LogP contribution in [-0.4, -0.2) is 40.0 Å².